The van der Waals surface area contributed by atoms with E-state index < -0.39 is 16.1 Å². The van der Waals surface area contributed by atoms with Gasteiger partial charge in [-0.1, -0.05) is 22.0 Å². The summed E-state index contributed by atoms with van der Waals surface area (Å²) in [7, 11) is -2.25. The predicted molar refractivity (Wildman–Crippen MR) is 76.7 cm³/mol. The summed E-state index contributed by atoms with van der Waals surface area (Å²) < 4.78 is 32.4. The van der Waals surface area contributed by atoms with Crippen LogP contribution in [0.4, 0.5) is 0 Å². The van der Waals surface area contributed by atoms with Crippen LogP contribution < -0.4 is 5.32 Å². The fourth-order valence-electron chi connectivity index (χ4n) is 2.01. The lowest BCUT2D eigenvalue weighted by atomic mass is 10.2. The van der Waals surface area contributed by atoms with Crippen LogP contribution in [0.5, 0.6) is 0 Å². The number of sulfonamides is 1. The quantitative estimate of drug-likeness (QED) is 0.853. The number of rotatable bonds is 3. The Bertz CT molecular complexity index is 605. The number of carbonyl (C=O) groups is 1. The minimum Gasteiger partial charge on any atom is -0.378 e. The van der Waals surface area contributed by atoms with E-state index in [-0.39, 0.29) is 30.6 Å². The zero-order chi connectivity index (χ0) is 14.8. The van der Waals surface area contributed by atoms with Crippen molar-refractivity contribution in [3.63, 3.8) is 0 Å². The van der Waals surface area contributed by atoms with Crippen LogP contribution in [-0.2, 0) is 19.6 Å². The summed E-state index contributed by atoms with van der Waals surface area (Å²) in [5, 5.41) is 2.47. The topological polar surface area (TPSA) is 75.7 Å². The second-order valence-electron chi connectivity index (χ2n) is 4.28. The van der Waals surface area contributed by atoms with Crippen LogP contribution in [0.1, 0.15) is 0 Å². The lowest BCUT2D eigenvalue weighted by Crippen LogP contribution is -2.55. The van der Waals surface area contributed by atoms with Gasteiger partial charge in [-0.2, -0.15) is 4.31 Å². The molecule has 1 saturated heterocycles. The monoisotopic (exact) mass is 362 g/mol. The van der Waals surface area contributed by atoms with Crippen molar-refractivity contribution in [3.8, 4) is 0 Å². The molecule has 1 N–H and O–H groups in total. The molecule has 0 aliphatic carbocycles. The summed E-state index contributed by atoms with van der Waals surface area (Å²) >= 11 is 3.25. The highest BCUT2D eigenvalue weighted by molar-refractivity contribution is 9.10. The molecule has 1 amide bonds. The molecule has 1 aromatic rings. The van der Waals surface area contributed by atoms with Gasteiger partial charge in [-0.25, -0.2) is 8.42 Å². The average molecular weight is 363 g/mol. The second kappa shape index (κ2) is 6.21. The number of morpholine rings is 1. The number of hydrogen-bond acceptors (Lipinski definition) is 4. The highest BCUT2D eigenvalue weighted by Gasteiger charge is 2.37. The van der Waals surface area contributed by atoms with E-state index in [0.29, 0.717) is 4.47 Å². The van der Waals surface area contributed by atoms with Crippen molar-refractivity contribution in [1.82, 2.24) is 9.62 Å². The zero-order valence-electron chi connectivity index (χ0n) is 10.9. The van der Waals surface area contributed by atoms with Gasteiger partial charge in [-0.3, -0.25) is 4.79 Å². The first kappa shape index (κ1) is 15.4. The smallest absolute Gasteiger partial charge is 0.244 e. The fourth-order valence-corrected chi connectivity index (χ4v) is 4.17. The van der Waals surface area contributed by atoms with Gasteiger partial charge >= 0.3 is 0 Å². The van der Waals surface area contributed by atoms with Crippen LogP contribution >= 0.6 is 15.9 Å². The molecule has 1 aliphatic heterocycles. The number of hydrogen-bond donors (Lipinski definition) is 1. The Morgan fingerprint density at radius 1 is 1.50 bits per heavy atom. The molecule has 110 valence electrons. The Kier molecular flexibility index (Phi) is 4.79. The first-order chi connectivity index (χ1) is 9.46. The molecule has 0 saturated carbocycles. The van der Waals surface area contributed by atoms with Crippen molar-refractivity contribution in [1.29, 1.82) is 0 Å². The van der Waals surface area contributed by atoms with Crippen molar-refractivity contribution in [2.45, 2.75) is 10.9 Å². The van der Waals surface area contributed by atoms with Crippen molar-refractivity contribution in [2.75, 3.05) is 26.8 Å². The number of halogens is 1. The number of amides is 1. The van der Waals surface area contributed by atoms with Crippen molar-refractivity contribution in [2.24, 2.45) is 0 Å². The van der Waals surface area contributed by atoms with E-state index >= 15 is 0 Å². The van der Waals surface area contributed by atoms with Crippen LogP contribution in [0.2, 0.25) is 0 Å². The Hall–Kier alpha value is -0.960. The summed E-state index contributed by atoms with van der Waals surface area (Å²) in [4.78, 5) is 12.0. The lowest BCUT2D eigenvalue weighted by Gasteiger charge is -2.33. The highest BCUT2D eigenvalue weighted by Crippen LogP contribution is 2.23. The van der Waals surface area contributed by atoms with Crippen molar-refractivity contribution < 1.29 is 17.9 Å². The number of likely N-dealkylation sites (N-methyl/N-ethyl adjacent to an activating group) is 1. The Morgan fingerprint density at radius 3 is 2.90 bits per heavy atom. The maximum absolute atomic E-state index is 12.6. The van der Waals surface area contributed by atoms with Crippen LogP contribution in [-0.4, -0.2) is 51.5 Å². The van der Waals surface area contributed by atoms with Gasteiger partial charge in [-0.05, 0) is 18.2 Å². The molecule has 1 heterocycles. The maximum Gasteiger partial charge on any atom is 0.244 e. The molecule has 1 fully saturated rings. The first-order valence-corrected chi connectivity index (χ1v) is 8.27. The van der Waals surface area contributed by atoms with Crippen LogP contribution in [0.3, 0.4) is 0 Å². The molecule has 1 aliphatic rings. The number of ether oxygens (including phenoxy) is 1. The second-order valence-corrected chi connectivity index (χ2v) is 7.08. The molecule has 2 rings (SSSR count). The molecule has 1 aromatic carbocycles. The zero-order valence-corrected chi connectivity index (χ0v) is 13.3. The van der Waals surface area contributed by atoms with Gasteiger partial charge in [0.15, 0.2) is 0 Å². The summed E-state index contributed by atoms with van der Waals surface area (Å²) in [6.45, 7) is 0.501. The molecule has 0 aromatic heterocycles. The van der Waals surface area contributed by atoms with E-state index in [0.717, 1.165) is 0 Å². The predicted octanol–water partition coefficient (Wildman–Crippen LogP) is 0.585. The molecule has 8 heteroatoms. The highest BCUT2D eigenvalue weighted by atomic mass is 79.9. The lowest BCUT2D eigenvalue weighted by molar-refractivity contribution is -0.128. The standard InChI is InChI=1S/C12H15BrN2O4S/c1-14-12(16)11-8-19-6-5-15(11)20(17,18)10-4-2-3-9(13)7-10/h2-4,7,11H,5-6,8H2,1H3,(H,14,16). The van der Waals surface area contributed by atoms with E-state index in [1.165, 1.54) is 23.5 Å². The van der Waals surface area contributed by atoms with Crippen LogP contribution in [0.15, 0.2) is 33.6 Å². The van der Waals surface area contributed by atoms with E-state index in [1.807, 2.05) is 0 Å². The Balaban J connectivity index is 2.38. The summed E-state index contributed by atoms with van der Waals surface area (Å²) in [5.41, 5.74) is 0. The number of benzene rings is 1. The third-order valence-electron chi connectivity index (χ3n) is 3.03. The Labute approximate surface area is 126 Å². The van der Waals surface area contributed by atoms with E-state index in [1.54, 1.807) is 12.1 Å². The fraction of sp³-hybridized carbons (Fsp3) is 0.417. The van der Waals surface area contributed by atoms with Crippen molar-refractivity contribution in [3.05, 3.63) is 28.7 Å². The van der Waals surface area contributed by atoms with Crippen molar-refractivity contribution >= 4 is 31.9 Å². The van der Waals surface area contributed by atoms with Gasteiger partial charge in [0.25, 0.3) is 0 Å². The molecule has 1 atom stereocenters. The largest absolute Gasteiger partial charge is 0.378 e. The van der Waals surface area contributed by atoms with Gasteiger partial charge in [0.2, 0.25) is 15.9 Å². The van der Waals surface area contributed by atoms with E-state index in [9.17, 15) is 13.2 Å². The summed E-state index contributed by atoms with van der Waals surface area (Å²) in [6, 6.07) is 5.58. The summed E-state index contributed by atoms with van der Waals surface area (Å²) in [6.07, 6.45) is 0. The van der Waals surface area contributed by atoms with Gasteiger partial charge in [-0.15, -0.1) is 0 Å². The Morgan fingerprint density at radius 2 is 2.25 bits per heavy atom. The molecule has 1 unspecified atom stereocenters. The van der Waals surface area contributed by atoms with Gasteiger partial charge in [0, 0.05) is 18.1 Å². The molecule has 0 bridgehead atoms. The molecule has 0 spiro atoms. The number of nitrogens with one attached hydrogen (secondary N) is 1. The number of carbonyl (C=O) groups excluding carboxylic acids is 1. The third kappa shape index (κ3) is 3.03. The van der Waals surface area contributed by atoms with Gasteiger partial charge in [0.05, 0.1) is 18.1 Å². The first-order valence-electron chi connectivity index (χ1n) is 6.03. The molecule has 6 nitrogen and oxygen atoms in total. The minimum atomic E-state index is -3.73. The molecule has 20 heavy (non-hydrogen) atoms. The maximum atomic E-state index is 12.6. The third-order valence-corrected chi connectivity index (χ3v) is 5.43. The van der Waals surface area contributed by atoms with Crippen LogP contribution in [0.25, 0.3) is 0 Å². The van der Waals surface area contributed by atoms with Crippen LogP contribution in [0, 0.1) is 0 Å². The van der Waals surface area contributed by atoms with E-state index in [4.69, 9.17) is 4.74 Å². The normalized spacial score (nSPS) is 20.6. The molecule has 0 radical (unpaired) electrons. The molecular formula is C12H15BrN2O4S. The van der Waals surface area contributed by atoms with E-state index in [2.05, 4.69) is 21.2 Å². The number of nitrogens with zero attached hydrogens (tertiary/aromatic N) is 1. The summed E-state index contributed by atoms with van der Waals surface area (Å²) in [5.74, 6) is -0.372. The van der Waals surface area contributed by atoms with Gasteiger partial charge in [0.1, 0.15) is 6.04 Å². The SMILES string of the molecule is CNC(=O)C1COCCN1S(=O)(=O)c1cccc(Br)c1. The molecular weight excluding hydrogens is 348 g/mol. The van der Waals surface area contributed by atoms with Gasteiger partial charge < -0.3 is 10.1 Å². The average Bonchev–Trinajstić information content (AvgIpc) is 2.46. The minimum absolute atomic E-state index is 0.0624.